The number of hydrogen-bond acceptors (Lipinski definition) is 3. The van der Waals surface area contributed by atoms with Gasteiger partial charge >= 0.3 is 0 Å². The van der Waals surface area contributed by atoms with Crippen LogP contribution in [0.1, 0.15) is 30.4 Å². The number of hydrogen-bond donors (Lipinski definition) is 0. The van der Waals surface area contributed by atoms with E-state index in [-0.39, 0.29) is 24.9 Å². The lowest BCUT2D eigenvalue weighted by Gasteiger charge is -2.19. The van der Waals surface area contributed by atoms with Gasteiger partial charge in [-0.05, 0) is 35.9 Å². The Kier molecular flexibility index (Phi) is 4.34. The molecular formula is C21H19F2N3O. The highest BCUT2D eigenvalue weighted by atomic mass is 19.3. The van der Waals surface area contributed by atoms with Crippen LogP contribution >= 0.6 is 0 Å². The number of alkyl halides is 2. The molecule has 6 heteroatoms. The van der Waals surface area contributed by atoms with Gasteiger partial charge in [-0.25, -0.2) is 13.8 Å². The van der Waals surface area contributed by atoms with Crippen molar-refractivity contribution in [3.05, 3.63) is 70.0 Å². The van der Waals surface area contributed by atoms with Crippen LogP contribution in [0, 0.1) is 5.92 Å². The second kappa shape index (κ2) is 6.68. The lowest BCUT2D eigenvalue weighted by Crippen LogP contribution is -2.26. The molecule has 27 heavy (non-hydrogen) atoms. The Morgan fingerprint density at radius 1 is 1.22 bits per heavy atom. The Labute approximate surface area is 155 Å². The van der Waals surface area contributed by atoms with E-state index in [1.165, 1.54) is 11.5 Å². The Balaban J connectivity index is 1.75. The van der Waals surface area contributed by atoms with Gasteiger partial charge in [0.2, 0.25) is 0 Å². The number of rotatable bonds is 2. The van der Waals surface area contributed by atoms with Crippen molar-refractivity contribution in [2.24, 2.45) is 5.92 Å². The monoisotopic (exact) mass is 367 g/mol. The van der Waals surface area contributed by atoms with E-state index in [9.17, 15) is 13.6 Å². The molecule has 0 spiro atoms. The van der Waals surface area contributed by atoms with E-state index >= 15 is 0 Å². The second-order valence-electron chi connectivity index (χ2n) is 6.97. The summed E-state index contributed by atoms with van der Waals surface area (Å²) in [6.07, 6.45) is 5.24. The predicted molar refractivity (Wildman–Crippen MR) is 102 cm³/mol. The highest BCUT2D eigenvalue weighted by molar-refractivity contribution is 5.82. The van der Waals surface area contributed by atoms with Crippen molar-refractivity contribution in [1.82, 2.24) is 14.5 Å². The van der Waals surface area contributed by atoms with E-state index in [1.807, 2.05) is 42.5 Å². The third kappa shape index (κ3) is 3.39. The van der Waals surface area contributed by atoms with Crippen molar-refractivity contribution in [2.45, 2.75) is 32.2 Å². The first kappa shape index (κ1) is 17.5. The molecule has 1 aliphatic rings. The number of benzene rings is 1. The number of halogens is 2. The van der Waals surface area contributed by atoms with E-state index in [0.29, 0.717) is 16.7 Å². The van der Waals surface area contributed by atoms with Gasteiger partial charge in [-0.2, -0.15) is 0 Å². The quantitative estimate of drug-likeness (QED) is 0.683. The average molecular weight is 367 g/mol. The maximum Gasteiger partial charge on any atom is 0.261 e. The fourth-order valence-corrected chi connectivity index (χ4v) is 3.36. The minimum atomic E-state index is -2.79. The van der Waals surface area contributed by atoms with Crippen LogP contribution in [0.3, 0.4) is 0 Å². The molecule has 0 N–H and O–H groups in total. The van der Waals surface area contributed by atoms with Gasteiger partial charge in [0.1, 0.15) is 5.82 Å². The summed E-state index contributed by atoms with van der Waals surface area (Å²) in [7, 11) is 0. The van der Waals surface area contributed by atoms with Gasteiger partial charge in [-0.1, -0.05) is 25.1 Å². The highest BCUT2D eigenvalue weighted by Crippen LogP contribution is 2.33. The summed E-state index contributed by atoms with van der Waals surface area (Å²) in [5.41, 5.74) is 1.98. The molecule has 4 rings (SSSR count). The van der Waals surface area contributed by atoms with Gasteiger partial charge in [0.15, 0.2) is 0 Å². The van der Waals surface area contributed by atoms with Crippen molar-refractivity contribution in [3.63, 3.8) is 0 Å². The van der Waals surface area contributed by atoms with E-state index in [2.05, 4.69) is 9.97 Å². The van der Waals surface area contributed by atoms with Crippen molar-refractivity contribution < 1.29 is 8.78 Å². The zero-order valence-electron chi connectivity index (χ0n) is 14.9. The molecule has 1 aliphatic heterocycles. The number of nitrogens with zero attached hydrogens (tertiary/aromatic N) is 3. The zero-order chi connectivity index (χ0) is 19.0. The van der Waals surface area contributed by atoms with Crippen molar-refractivity contribution in [3.8, 4) is 0 Å². The Morgan fingerprint density at radius 2 is 2.07 bits per heavy atom. The van der Waals surface area contributed by atoms with Gasteiger partial charge in [0.25, 0.3) is 11.5 Å². The SMILES string of the molecule is CC1Cc2nc3cc(C=Cc4ccccn4)ccc3c(=O)n2CCC1(F)F. The average Bonchev–Trinajstić information content (AvgIpc) is 2.77. The minimum absolute atomic E-state index is 0.00419. The summed E-state index contributed by atoms with van der Waals surface area (Å²) in [5.74, 6) is -3.20. The van der Waals surface area contributed by atoms with E-state index in [4.69, 9.17) is 0 Å². The molecule has 0 saturated heterocycles. The number of fused-ring (bicyclic) bond motifs is 2. The molecule has 0 radical (unpaired) electrons. The maximum atomic E-state index is 14.1. The largest absolute Gasteiger partial charge is 0.296 e. The summed E-state index contributed by atoms with van der Waals surface area (Å²) < 4.78 is 29.5. The summed E-state index contributed by atoms with van der Waals surface area (Å²) in [6.45, 7) is 1.51. The molecular weight excluding hydrogens is 348 g/mol. The normalized spacial score (nSPS) is 19.1. The lowest BCUT2D eigenvalue weighted by molar-refractivity contribution is -0.0571. The van der Waals surface area contributed by atoms with Crippen LogP contribution in [0.25, 0.3) is 23.1 Å². The molecule has 138 valence electrons. The van der Waals surface area contributed by atoms with Crippen LogP contribution in [0.2, 0.25) is 0 Å². The molecule has 3 aromatic rings. The van der Waals surface area contributed by atoms with Crippen LogP contribution in [0.4, 0.5) is 8.78 Å². The Hall–Kier alpha value is -2.89. The highest BCUT2D eigenvalue weighted by Gasteiger charge is 2.39. The molecule has 0 amide bonds. The van der Waals surface area contributed by atoms with Crippen LogP contribution in [-0.4, -0.2) is 20.5 Å². The number of aromatic nitrogens is 3. The smallest absolute Gasteiger partial charge is 0.261 e. The molecule has 0 aliphatic carbocycles. The first-order chi connectivity index (χ1) is 12.9. The number of pyridine rings is 1. The summed E-state index contributed by atoms with van der Waals surface area (Å²) >= 11 is 0. The summed E-state index contributed by atoms with van der Waals surface area (Å²) in [4.78, 5) is 21.6. The maximum absolute atomic E-state index is 14.1. The third-order valence-electron chi connectivity index (χ3n) is 5.07. The molecule has 1 unspecified atom stereocenters. The fourth-order valence-electron chi connectivity index (χ4n) is 3.36. The fraction of sp³-hybridized carbons (Fsp3) is 0.286. The Bertz CT molecular complexity index is 1070. The van der Waals surface area contributed by atoms with Crippen LogP contribution in [0.5, 0.6) is 0 Å². The third-order valence-corrected chi connectivity index (χ3v) is 5.07. The van der Waals surface area contributed by atoms with Gasteiger partial charge < -0.3 is 0 Å². The van der Waals surface area contributed by atoms with Gasteiger partial charge in [0, 0.05) is 31.5 Å². The van der Waals surface area contributed by atoms with E-state index in [0.717, 1.165) is 11.3 Å². The van der Waals surface area contributed by atoms with Crippen molar-refractivity contribution in [2.75, 3.05) is 0 Å². The van der Waals surface area contributed by atoms with Gasteiger partial charge in [-0.15, -0.1) is 0 Å². The van der Waals surface area contributed by atoms with Crippen LogP contribution in [0.15, 0.2) is 47.4 Å². The molecule has 2 aromatic heterocycles. The molecule has 0 bridgehead atoms. The molecule has 0 fully saturated rings. The Morgan fingerprint density at radius 3 is 2.85 bits per heavy atom. The standard InChI is InChI=1S/C21H19F2N3O/c1-14-12-19-25-18-13-15(5-7-16-4-2-3-10-24-16)6-8-17(18)20(27)26(19)11-9-21(14,22)23/h2-8,10,13-14H,9,11-12H2,1H3. The van der Waals surface area contributed by atoms with Gasteiger partial charge in [-0.3, -0.25) is 14.3 Å². The van der Waals surface area contributed by atoms with Crippen molar-refractivity contribution in [1.29, 1.82) is 0 Å². The second-order valence-corrected chi connectivity index (χ2v) is 6.97. The lowest BCUT2D eigenvalue weighted by atomic mass is 9.98. The van der Waals surface area contributed by atoms with E-state index in [1.54, 1.807) is 12.3 Å². The van der Waals surface area contributed by atoms with Crippen LogP contribution < -0.4 is 5.56 Å². The summed E-state index contributed by atoms with van der Waals surface area (Å²) in [5, 5.41) is 0.451. The minimum Gasteiger partial charge on any atom is -0.296 e. The predicted octanol–water partition coefficient (Wildman–Crippen LogP) is 4.18. The zero-order valence-corrected chi connectivity index (χ0v) is 14.9. The first-order valence-corrected chi connectivity index (χ1v) is 8.94. The van der Waals surface area contributed by atoms with Crippen LogP contribution in [-0.2, 0) is 13.0 Å². The molecule has 1 atom stereocenters. The first-order valence-electron chi connectivity index (χ1n) is 8.94. The van der Waals surface area contributed by atoms with Crippen molar-refractivity contribution >= 4 is 23.1 Å². The van der Waals surface area contributed by atoms with E-state index < -0.39 is 11.8 Å². The summed E-state index contributed by atoms with van der Waals surface area (Å²) in [6, 6.07) is 11.0. The van der Waals surface area contributed by atoms with Gasteiger partial charge in [0.05, 0.1) is 16.6 Å². The molecule has 3 heterocycles. The topological polar surface area (TPSA) is 47.8 Å². The molecule has 1 aromatic carbocycles. The molecule has 4 nitrogen and oxygen atoms in total. The molecule has 0 saturated carbocycles.